The van der Waals surface area contributed by atoms with Gasteiger partial charge in [0.2, 0.25) is 0 Å². The van der Waals surface area contributed by atoms with Gasteiger partial charge in [0.25, 0.3) is 0 Å². The molecule has 2 saturated heterocycles. The fourth-order valence-electron chi connectivity index (χ4n) is 6.69. The van der Waals surface area contributed by atoms with Crippen molar-refractivity contribution >= 4 is 0 Å². The molecule has 3 heteroatoms. The highest BCUT2D eigenvalue weighted by atomic mass is 16.5. The third-order valence-electron chi connectivity index (χ3n) is 7.86. The average Bonchev–Trinajstić information content (AvgIpc) is 2.91. The molecule has 5 rings (SSSR count). The van der Waals surface area contributed by atoms with Crippen LogP contribution in [0.5, 0.6) is 0 Å². The summed E-state index contributed by atoms with van der Waals surface area (Å²) in [7, 11) is 0. The van der Waals surface area contributed by atoms with Gasteiger partial charge >= 0.3 is 0 Å². The van der Waals surface area contributed by atoms with E-state index in [0.29, 0.717) is 23.6 Å². The molecule has 4 fully saturated rings. The second-order valence-electron chi connectivity index (χ2n) is 9.21. The Labute approximate surface area is 146 Å². The van der Waals surface area contributed by atoms with Crippen LogP contribution in [0, 0.1) is 23.7 Å². The third-order valence-corrected chi connectivity index (χ3v) is 7.86. The monoisotopic (exact) mass is 328 g/mol. The molecule has 3 aliphatic carbocycles. The van der Waals surface area contributed by atoms with E-state index >= 15 is 0 Å². The molecule has 2 aliphatic heterocycles. The van der Waals surface area contributed by atoms with E-state index < -0.39 is 0 Å². The molecule has 2 bridgehead atoms. The molecule has 2 saturated carbocycles. The second kappa shape index (κ2) is 5.43. The molecule has 0 aromatic rings. The largest absolute Gasteiger partial charge is 0.375 e. The first kappa shape index (κ1) is 15.6. The Balaban J connectivity index is 1.27. The number of allylic oxidation sites excluding steroid dienone is 3. The van der Waals surface area contributed by atoms with Crippen molar-refractivity contribution in [2.24, 2.45) is 23.7 Å². The maximum atomic E-state index is 5.74. The summed E-state index contributed by atoms with van der Waals surface area (Å²) in [6.07, 6.45) is 8.34. The zero-order valence-corrected chi connectivity index (χ0v) is 15.3. The summed E-state index contributed by atoms with van der Waals surface area (Å²) < 4.78 is 5.74. The molecule has 0 spiro atoms. The molecule has 1 N–H and O–H groups in total. The number of morpholine rings is 1. The van der Waals surface area contributed by atoms with E-state index in [4.69, 9.17) is 4.74 Å². The quantitative estimate of drug-likeness (QED) is 0.785. The first-order valence-electron chi connectivity index (χ1n) is 10.0. The Hall–Kier alpha value is -0.640. The molecule has 7 atom stereocenters. The Morgan fingerprint density at radius 1 is 1.50 bits per heavy atom. The molecule has 0 aromatic heterocycles. The summed E-state index contributed by atoms with van der Waals surface area (Å²) in [5.41, 5.74) is 3.52. The van der Waals surface area contributed by atoms with Crippen LogP contribution in [0.25, 0.3) is 0 Å². The third kappa shape index (κ3) is 2.28. The summed E-state index contributed by atoms with van der Waals surface area (Å²) in [5, 5.41) is 4.10. The first-order valence-corrected chi connectivity index (χ1v) is 10.0. The fraction of sp³-hybridized carbons (Fsp3) is 0.810. The standard InChI is InChI=1S/C21H32N2O/c1-13(2)18-4-5-21(10-15-8-19(15)14(3)20(18)21)22-6-7-23-11-17-9-16(23)12-24-17/h8,14-18,20,22H,1,4-7,9-12H2,2-3H3/t14-,15?,16?,17?,18-,20-,21-/m0/s1. The zero-order chi connectivity index (χ0) is 16.5. The summed E-state index contributed by atoms with van der Waals surface area (Å²) in [5.74, 6) is 3.03. The number of hydrogen-bond donors (Lipinski definition) is 1. The van der Waals surface area contributed by atoms with Crippen LogP contribution in [0.2, 0.25) is 0 Å². The normalized spacial score (nSPS) is 49.0. The van der Waals surface area contributed by atoms with Crippen LogP contribution in [-0.4, -0.2) is 48.8 Å². The number of fused-ring (bicyclic) bond motifs is 4. The van der Waals surface area contributed by atoms with Gasteiger partial charge in [-0.3, -0.25) is 4.90 Å². The lowest BCUT2D eigenvalue weighted by atomic mass is 9.65. The number of nitrogens with one attached hydrogen (secondary N) is 1. The SMILES string of the molecule is C=C(C)[C@@H]1CC[C@]2(NCCN3CC4CC3CO4)CC3C=C3[C@H](C)[C@@H]12. The predicted octanol–water partition coefficient (Wildman–Crippen LogP) is 2.99. The number of ether oxygens (including phenoxy) is 1. The van der Waals surface area contributed by atoms with Gasteiger partial charge in [-0.05, 0) is 50.4 Å². The fourth-order valence-corrected chi connectivity index (χ4v) is 6.69. The van der Waals surface area contributed by atoms with E-state index in [2.05, 4.69) is 36.7 Å². The summed E-state index contributed by atoms with van der Waals surface area (Å²) >= 11 is 0. The smallest absolute Gasteiger partial charge is 0.0718 e. The van der Waals surface area contributed by atoms with Gasteiger partial charge in [-0.2, -0.15) is 0 Å². The van der Waals surface area contributed by atoms with Crippen molar-refractivity contribution in [2.45, 2.75) is 57.2 Å². The van der Waals surface area contributed by atoms with Gasteiger partial charge in [-0.25, -0.2) is 0 Å². The molecule has 3 unspecified atom stereocenters. The molecule has 2 heterocycles. The minimum absolute atomic E-state index is 0.361. The first-order chi connectivity index (χ1) is 11.6. The van der Waals surface area contributed by atoms with Crippen molar-refractivity contribution in [3.8, 4) is 0 Å². The van der Waals surface area contributed by atoms with Crippen molar-refractivity contribution in [3.63, 3.8) is 0 Å². The minimum Gasteiger partial charge on any atom is -0.375 e. The average molecular weight is 328 g/mol. The van der Waals surface area contributed by atoms with Crippen LogP contribution in [0.4, 0.5) is 0 Å². The minimum atomic E-state index is 0.361. The molecular weight excluding hydrogens is 296 g/mol. The lowest BCUT2D eigenvalue weighted by Gasteiger charge is -2.46. The van der Waals surface area contributed by atoms with E-state index in [9.17, 15) is 0 Å². The van der Waals surface area contributed by atoms with E-state index in [1.54, 1.807) is 5.57 Å². The van der Waals surface area contributed by atoms with Crippen LogP contribution < -0.4 is 5.32 Å². The molecular formula is C21H32N2O. The zero-order valence-electron chi connectivity index (χ0n) is 15.3. The van der Waals surface area contributed by atoms with Crippen LogP contribution >= 0.6 is 0 Å². The topological polar surface area (TPSA) is 24.5 Å². The number of hydrogen-bond acceptors (Lipinski definition) is 3. The Morgan fingerprint density at radius 2 is 2.38 bits per heavy atom. The lowest BCUT2D eigenvalue weighted by molar-refractivity contribution is 0.0288. The van der Waals surface area contributed by atoms with Crippen LogP contribution in [0.1, 0.15) is 39.5 Å². The maximum absolute atomic E-state index is 5.74. The molecule has 0 aromatic carbocycles. The van der Waals surface area contributed by atoms with Crippen molar-refractivity contribution in [2.75, 3.05) is 26.2 Å². The van der Waals surface area contributed by atoms with E-state index in [-0.39, 0.29) is 0 Å². The van der Waals surface area contributed by atoms with Crippen LogP contribution in [-0.2, 0) is 4.74 Å². The predicted molar refractivity (Wildman–Crippen MR) is 96.8 cm³/mol. The number of rotatable bonds is 5. The van der Waals surface area contributed by atoms with E-state index in [1.807, 2.05) is 0 Å². The summed E-state index contributed by atoms with van der Waals surface area (Å²) in [4.78, 5) is 2.66. The van der Waals surface area contributed by atoms with E-state index in [0.717, 1.165) is 37.5 Å². The highest BCUT2D eigenvalue weighted by Gasteiger charge is 2.58. The second-order valence-corrected chi connectivity index (χ2v) is 9.21. The van der Waals surface area contributed by atoms with Crippen molar-refractivity contribution in [3.05, 3.63) is 23.8 Å². The van der Waals surface area contributed by atoms with Gasteiger partial charge in [0, 0.05) is 37.1 Å². The molecule has 0 radical (unpaired) electrons. The Morgan fingerprint density at radius 3 is 3.08 bits per heavy atom. The van der Waals surface area contributed by atoms with Gasteiger partial charge in [0.05, 0.1) is 12.7 Å². The lowest BCUT2D eigenvalue weighted by Crippen LogP contribution is -2.56. The molecule has 0 amide bonds. The van der Waals surface area contributed by atoms with Gasteiger partial charge in [-0.15, -0.1) is 0 Å². The van der Waals surface area contributed by atoms with Gasteiger partial charge < -0.3 is 10.1 Å². The Kier molecular flexibility index (Phi) is 3.53. The molecule has 24 heavy (non-hydrogen) atoms. The maximum Gasteiger partial charge on any atom is 0.0718 e. The highest BCUT2D eigenvalue weighted by Crippen LogP contribution is 2.61. The highest BCUT2D eigenvalue weighted by molar-refractivity contribution is 5.39. The van der Waals surface area contributed by atoms with Crippen LogP contribution in [0.3, 0.4) is 0 Å². The van der Waals surface area contributed by atoms with E-state index in [1.165, 1.54) is 37.8 Å². The van der Waals surface area contributed by atoms with Gasteiger partial charge in [0.1, 0.15) is 0 Å². The summed E-state index contributed by atoms with van der Waals surface area (Å²) in [6, 6.07) is 0.693. The van der Waals surface area contributed by atoms with Gasteiger partial charge in [0.15, 0.2) is 0 Å². The van der Waals surface area contributed by atoms with Gasteiger partial charge in [-0.1, -0.05) is 30.7 Å². The van der Waals surface area contributed by atoms with Crippen LogP contribution in [0.15, 0.2) is 23.8 Å². The molecule has 5 aliphatic rings. The molecule has 132 valence electrons. The summed E-state index contributed by atoms with van der Waals surface area (Å²) in [6.45, 7) is 13.5. The number of nitrogens with zero attached hydrogens (tertiary/aromatic N) is 1. The Bertz CT molecular complexity index is 584. The van der Waals surface area contributed by atoms with Crippen molar-refractivity contribution < 1.29 is 4.74 Å². The molecule has 3 nitrogen and oxygen atoms in total. The van der Waals surface area contributed by atoms with Crippen molar-refractivity contribution in [1.82, 2.24) is 10.2 Å². The number of likely N-dealkylation sites (tertiary alicyclic amines) is 1. The van der Waals surface area contributed by atoms with Crippen molar-refractivity contribution in [1.29, 1.82) is 0 Å².